The lowest BCUT2D eigenvalue weighted by Gasteiger charge is -2.05. The minimum atomic E-state index is -1.15. The molecule has 2 N–H and O–H groups in total. The molecule has 7 nitrogen and oxygen atoms in total. The maximum absolute atomic E-state index is 13.5. The van der Waals surface area contributed by atoms with Gasteiger partial charge < -0.3 is 10.4 Å². The van der Waals surface area contributed by atoms with Crippen molar-refractivity contribution in [3.63, 3.8) is 0 Å². The predicted octanol–water partition coefficient (Wildman–Crippen LogP) is 1.66. The molecule has 0 saturated carbocycles. The fourth-order valence-corrected chi connectivity index (χ4v) is 1.77. The van der Waals surface area contributed by atoms with Crippen molar-refractivity contribution in [1.29, 1.82) is 0 Å². The van der Waals surface area contributed by atoms with E-state index in [1.807, 2.05) is 0 Å². The Labute approximate surface area is 124 Å². The van der Waals surface area contributed by atoms with E-state index in [0.717, 1.165) is 16.9 Å². The first-order valence-electron chi connectivity index (χ1n) is 5.44. The zero-order valence-corrected chi connectivity index (χ0v) is 11.8. The van der Waals surface area contributed by atoms with E-state index < -0.39 is 30.1 Å². The van der Waals surface area contributed by atoms with Gasteiger partial charge in [0, 0.05) is 6.07 Å². The highest BCUT2D eigenvalue weighted by Crippen LogP contribution is 2.23. The molecule has 21 heavy (non-hydrogen) atoms. The number of carboxylic acids is 1. The summed E-state index contributed by atoms with van der Waals surface area (Å²) < 4.78 is 27.5. The molecule has 1 aromatic carbocycles. The van der Waals surface area contributed by atoms with Crippen LogP contribution >= 0.6 is 15.9 Å². The lowest BCUT2D eigenvalue weighted by molar-refractivity contribution is -0.137. The Morgan fingerprint density at radius 3 is 2.71 bits per heavy atom. The number of carbonyl (C=O) groups excluding carboxylic acids is 1. The van der Waals surface area contributed by atoms with Crippen molar-refractivity contribution < 1.29 is 23.5 Å². The van der Waals surface area contributed by atoms with Crippen LogP contribution in [0.2, 0.25) is 0 Å². The lowest BCUT2D eigenvalue weighted by atomic mass is 10.3. The molecule has 1 heterocycles. The van der Waals surface area contributed by atoms with Crippen molar-refractivity contribution in [2.75, 3.05) is 5.32 Å². The number of halogens is 3. The first-order chi connectivity index (χ1) is 9.86. The Balaban J connectivity index is 2.16. The number of aliphatic carboxylic acids is 1. The number of carbonyl (C=O) groups is 2. The SMILES string of the molecule is O=C(O)Cn1cc(C(=O)Nc2cc(Br)c(F)cc2F)nn1. The smallest absolute Gasteiger partial charge is 0.325 e. The van der Waals surface area contributed by atoms with Crippen molar-refractivity contribution in [2.24, 2.45) is 0 Å². The third-order valence-electron chi connectivity index (χ3n) is 2.33. The first kappa shape index (κ1) is 15.0. The van der Waals surface area contributed by atoms with E-state index in [9.17, 15) is 18.4 Å². The molecule has 2 rings (SSSR count). The van der Waals surface area contributed by atoms with Crippen molar-refractivity contribution in [3.8, 4) is 0 Å². The summed E-state index contributed by atoms with van der Waals surface area (Å²) in [5.74, 6) is -3.72. The summed E-state index contributed by atoms with van der Waals surface area (Å²) in [5, 5.41) is 17.7. The molecule has 2 aromatic rings. The van der Waals surface area contributed by atoms with Crippen LogP contribution in [0.15, 0.2) is 22.8 Å². The number of carboxylic acid groups (broad SMARTS) is 1. The van der Waals surface area contributed by atoms with Crippen LogP contribution in [-0.2, 0) is 11.3 Å². The number of amides is 1. The molecule has 0 bridgehead atoms. The maximum Gasteiger partial charge on any atom is 0.325 e. The highest BCUT2D eigenvalue weighted by molar-refractivity contribution is 9.10. The van der Waals surface area contributed by atoms with Crippen LogP contribution in [0.1, 0.15) is 10.5 Å². The molecule has 10 heteroatoms. The Kier molecular flexibility index (Phi) is 4.26. The molecule has 0 aliphatic heterocycles. The maximum atomic E-state index is 13.5. The van der Waals surface area contributed by atoms with Gasteiger partial charge in [-0.05, 0) is 22.0 Å². The molecule has 0 saturated heterocycles. The lowest BCUT2D eigenvalue weighted by Crippen LogP contribution is -2.14. The van der Waals surface area contributed by atoms with Gasteiger partial charge in [-0.25, -0.2) is 13.5 Å². The molecular weight excluding hydrogens is 354 g/mol. The zero-order valence-electron chi connectivity index (χ0n) is 10.2. The van der Waals surface area contributed by atoms with Crippen molar-refractivity contribution in [1.82, 2.24) is 15.0 Å². The van der Waals surface area contributed by atoms with Crippen LogP contribution in [0.4, 0.5) is 14.5 Å². The van der Waals surface area contributed by atoms with Gasteiger partial charge in [-0.1, -0.05) is 5.21 Å². The summed E-state index contributed by atoms with van der Waals surface area (Å²) >= 11 is 2.87. The van der Waals surface area contributed by atoms with E-state index in [1.165, 1.54) is 0 Å². The highest BCUT2D eigenvalue weighted by atomic mass is 79.9. The van der Waals surface area contributed by atoms with Gasteiger partial charge in [0.05, 0.1) is 16.4 Å². The number of nitrogens with zero attached hydrogens (tertiary/aromatic N) is 3. The minimum Gasteiger partial charge on any atom is -0.480 e. The van der Waals surface area contributed by atoms with E-state index in [4.69, 9.17) is 5.11 Å². The average Bonchev–Trinajstić information content (AvgIpc) is 2.83. The van der Waals surface area contributed by atoms with Crippen LogP contribution < -0.4 is 5.32 Å². The number of hydrogen-bond acceptors (Lipinski definition) is 4. The molecule has 0 atom stereocenters. The fraction of sp³-hybridized carbons (Fsp3) is 0.0909. The van der Waals surface area contributed by atoms with Gasteiger partial charge in [0.25, 0.3) is 5.91 Å². The van der Waals surface area contributed by atoms with Crippen LogP contribution in [0, 0.1) is 11.6 Å². The highest BCUT2D eigenvalue weighted by Gasteiger charge is 2.15. The van der Waals surface area contributed by atoms with Crippen molar-refractivity contribution in [3.05, 3.63) is 40.1 Å². The molecule has 0 unspecified atom stereocenters. The number of rotatable bonds is 4. The summed E-state index contributed by atoms with van der Waals surface area (Å²) in [7, 11) is 0. The van der Waals surface area contributed by atoms with E-state index >= 15 is 0 Å². The van der Waals surface area contributed by atoms with Gasteiger partial charge >= 0.3 is 5.97 Å². The van der Waals surface area contributed by atoms with E-state index in [0.29, 0.717) is 6.07 Å². The minimum absolute atomic E-state index is 0.0197. The standard InChI is InChI=1S/C11H7BrF2N4O3/c12-5-1-8(7(14)2-6(5)13)15-11(21)9-3-18(17-16-9)4-10(19)20/h1-3H,4H2,(H,15,21)(H,19,20). The normalized spacial score (nSPS) is 10.4. The number of anilines is 1. The molecule has 0 radical (unpaired) electrons. The largest absolute Gasteiger partial charge is 0.480 e. The number of nitrogens with one attached hydrogen (secondary N) is 1. The molecule has 0 aliphatic carbocycles. The van der Waals surface area contributed by atoms with E-state index in [2.05, 4.69) is 31.6 Å². The second-order valence-corrected chi connectivity index (χ2v) is 4.75. The number of hydrogen-bond donors (Lipinski definition) is 2. The van der Waals surface area contributed by atoms with Gasteiger partial charge in [0.2, 0.25) is 0 Å². The van der Waals surface area contributed by atoms with Crippen LogP contribution in [-0.4, -0.2) is 32.0 Å². The second-order valence-electron chi connectivity index (χ2n) is 3.90. The van der Waals surface area contributed by atoms with Gasteiger partial charge in [-0.2, -0.15) is 0 Å². The predicted molar refractivity (Wildman–Crippen MR) is 69.7 cm³/mol. The van der Waals surface area contributed by atoms with Gasteiger partial charge in [-0.3, -0.25) is 9.59 Å². The molecule has 110 valence electrons. The monoisotopic (exact) mass is 360 g/mol. The second kappa shape index (κ2) is 5.95. The summed E-state index contributed by atoms with van der Waals surface area (Å²) in [6, 6.07) is 1.67. The molecule has 0 aliphatic rings. The Morgan fingerprint density at radius 2 is 2.05 bits per heavy atom. The summed E-state index contributed by atoms with van der Waals surface area (Å²) in [6.45, 7) is -0.462. The van der Waals surface area contributed by atoms with Crippen molar-refractivity contribution >= 4 is 33.5 Å². The molecule has 1 aromatic heterocycles. The zero-order chi connectivity index (χ0) is 15.6. The average molecular weight is 361 g/mol. The van der Waals surface area contributed by atoms with E-state index in [1.54, 1.807) is 0 Å². The summed E-state index contributed by atoms with van der Waals surface area (Å²) in [5.41, 5.74) is -0.447. The topological polar surface area (TPSA) is 97.1 Å². The van der Waals surface area contributed by atoms with Crippen molar-refractivity contribution in [2.45, 2.75) is 6.54 Å². The fourth-order valence-electron chi connectivity index (χ4n) is 1.42. The first-order valence-corrected chi connectivity index (χ1v) is 6.24. The molecule has 1 amide bonds. The molecular formula is C11H7BrF2N4O3. The molecule has 0 spiro atoms. The van der Waals surface area contributed by atoms with E-state index in [-0.39, 0.29) is 15.9 Å². The van der Waals surface area contributed by atoms with Crippen LogP contribution in [0.25, 0.3) is 0 Å². The Bertz CT molecular complexity index is 719. The Hall–Kier alpha value is -2.36. The summed E-state index contributed by atoms with van der Waals surface area (Å²) in [4.78, 5) is 22.3. The van der Waals surface area contributed by atoms with Gasteiger partial charge in [0.15, 0.2) is 5.69 Å². The van der Waals surface area contributed by atoms with Crippen LogP contribution in [0.5, 0.6) is 0 Å². The number of benzene rings is 1. The van der Waals surface area contributed by atoms with Gasteiger partial charge in [-0.15, -0.1) is 5.10 Å². The molecule has 0 fully saturated rings. The van der Waals surface area contributed by atoms with Crippen LogP contribution in [0.3, 0.4) is 0 Å². The summed E-state index contributed by atoms with van der Waals surface area (Å²) in [6.07, 6.45) is 1.10. The van der Waals surface area contributed by atoms with Gasteiger partial charge in [0.1, 0.15) is 18.2 Å². The quantitative estimate of drug-likeness (QED) is 0.808. The number of aromatic nitrogens is 3. The Morgan fingerprint density at radius 1 is 1.33 bits per heavy atom. The third kappa shape index (κ3) is 3.60. The third-order valence-corrected chi connectivity index (χ3v) is 2.93.